The van der Waals surface area contributed by atoms with E-state index in [2.05, 4.69) is 68.2 Å². The van der Waals surface area contributed by atoms with Crippen molar-refractivity contribution < 1.29 is 0 Å². The summed E-state index contributed by atoms with van der Waals surface area (Å²) in [7, 11) is 0. The molecule has 4 rings (SSSR count). The van der Waals surface area contributed by atoms with Gasteiger partial charge in [0.25, 0.3) is 0 Å². The molecule has 1 N–H and O–H groups in total. The summed E-state index contributed by atoms with van der Waals surface area (Å²) >= 11 is 0. The summed E-state index contributed by atoms with van der Waals surface area (Å²) < 4.78 is 0. The third-order valence-corrected chi connectivity index (χ3v) is 4.49. The molecule has 0 aliphatic rings. The van der Waals surface area contributed by atoms with Crippen LogP contribution < -0.4 is 0 Å². The van der Waals surface area contributed by atoms with Crippen LogP contribution in [0, 0.1) is 20.8 Å². The van der Waals surface area contributed by atoms with E-state index in [1.54, 1.807) is 0 Å². The summed E-state index contributed by atoms with van der Waals surface area (Å²) in [6, 6.07) is 17.2. The predicted molar refractivity (Wildman–Crippen MR) is 97.1 cm³/mol. The number of hydrogen-bond acceptors (Lipinski definition) is 1. The van der Waals surface area contributed by atoms with E-state index < -0.39 is 0 Å². The highest BCUT2D eigenvalue weighted by molar-refractivity contribution is 6.07. The van der Waals surface area contributed by atoms with Crippen LogP contribution in [-0.4, -0.2) is 9.97 Å². The number of nitrogens with zero attached hydrogens (tertiary/aromatic N) is 1. The molecule has 23 heavy (non-hydrogen) atoms. The molecule has 0 aliphatic heterocycles. The van der Waals surface area contributed by atoms with E-state index in [9.17, 15) is 0 Å². The Morgan fingerprint density at radius 3 is 2.43 bits per heavy atom. The summed E-state index contributed by atoms with van der Waals surface area (Å²) in [6.07, 6.45) is 0.834. The second kappa shape index (κ2) is 5.24. The summed E-state index contributed by atoms with van der Waals surface area (Å²) in [6.45, 7) is 6.52. The zero-order valence-corrected chi connectivity index (χ0v) is 13.8. The van der Waals surface area contributed by atoms with Gasteiger partial charge in [-0.05, 0) is 55.0 Å². The van der Waals surface area contributed by atoms with E-state index in [0.717, 1.165) is 23.3 Å². The van der Waals surface area contributed by atoms with Gasteiger partial charge in [-0.1, -0.05) is 42.0 Å². The SMILES string of the molecule is Cc1cc(C)c2c(C)cc3[nH]c(Cc4ccccc4)nc3c2c1. The Morgan fingerprint density at radius 2 is 1.65 bits per heavy atom. The van der Waals surface area contributed by atoms with E-state index in [4.69, 9.17) is 4.98 Å². The molecule has 0 aliphatic carbocycles. The second-order valence-electron chi connectivity index (χ2n) is 6.44. The normalized spacial score (nSPS) is 11.4. The minimum absolute atomic E-state index is 0.834. The third kappa shape index (κ3) is 2.40. The average Bonchev–Trinajstić information content (AvgIpc) is 2.90. The van der Waals surface area contributed by atoms with E-state index in [-0.39, 0.29) is 0 Å². The van der Waals surface area contributed by atoms with Gasteiger partial charge in [0.15, 0.2) is 0 Å². The molecule has 114 valence electrons. The predicted octanol–water partition coefficient (Wildman–Crippen LogP) is 5.23. The van der Waals surface area contributed by atoms with Gasteiger partial charge in [0.05, 0.1) is 11.0 Å². The Labute approximate surface area is 136 Å². The molecule has 0 saturated carbocycles. The molecule has 3 aromatic carbocycles. The largest absolute Gasteiger partial charge is 0.342 e. The van der Waals surface area contributed by atoms with Gasteiger partial charge in [-0.25, -0.2) is 4.98 Å². The van der Waals surface area contributed by atoms with E-state index in [0.29, 0.717) is 0 Å². The topological polar surface area (TPSA) is 28.7 Å². The Kier molecular flexibility index (Phi) is 3.19. The van der Waals surface area contributed by atoms with Crippen LogP contribution in [0.25, 0.3) is 21.8 Å². The van der Waals surface area contributed by atoms with Crippen molar-refractivity contribution >= 4 is 21.8 Å². The fourth-order valence-corrected chi connectivity index (χ4v) is 3.59. The lowest BCUT2D eigenvalue weighted by atomic mass is 9.97. The van der Waals surface area contributed by atoms with Crippen LogP contribution in [0.1, 0.15) is 28.1 Å². The zero-order valence-electron chi connectivity index (χ0n) is 13.8. The van der Waals surface area contributed by atoms with Crippen molar-refractivity contribution in [2.75, 3.05) is 0 Å². The van der Waals surface area contributed by atoms with Crippen molar-refractivity contribution in [3.05, 3.63) is 76.6 Å². The van der Waals surface area contributed by atoms with Crippen LogP contribution >= 0.6 is 0 Å². The quantitative estimate of drug-likeness (QED) is 0.539. The molecule has 1 heterocycles. The van der Waals surface area contributed by atoms with Gasteiger partial charge in [0.1, 0.15) is 5.82 Å². The van der Waals surface area contributed by atoms with Crippen molar-refractivity contribution in [1.29, 1.82) is 0 Å². The molecule has 2 heteroatoms. The number of nitrogens with one attached hydrogen (secondary N) is 1. The van der Waals surface area contributed by atoms with Gasteiger partial charge in [-0.3, -0.25) is 0 Å². The highest BCUT2D eigenvalue weighted by Gasteiger charge is 2.11. The van der Waals surface area contributed by atoms with Gasteiger partial charge in [-0.2, -0.15) is 0 Å². The Morgan fingerprint density at radius 1 is 0.913 bits per heavy atom. The van der Waals surface area contributed by atoms with Gasteiger partial charge in [0, 0.05) is 11.8 Å². The highest BCUT2D eigenvalue weighted by atomic mass is 14.9. The van der Waals surface area contributed by atoms with Crippen LogP contribution in [0.3, 0.4) is 0 Å². The summed E-state index contributed by atoms with van der Waals surface area (Å²) in [5.74, 6) is 1.03. The average molecular weight is 300 g/mol. The molecule has 2 nitrogen and oxygen atoms in total. The molecule has 0 spiro atoms. The van der Waals surface area contributed by atoms with Crippen molar-refractivity contribution in [1.82, 2.24) is 9.97 Å². The Hall–Kier alpha value is -2.61. The first-order valence-corrected chi connectivity index (χ1v) is 8.05. The minimum atomic E-state index is 0.834. The molecule has 0 saturated heterocycles. The fourth-order valence-electron chi connectivity index (χ4n) is 3.59. The molecule has 0 fully saturated rings. The number of rotatable bonds is 2. The lowest BCUT2D eigenvalue weighted by Gasteiger charge is -2.08. The molecule has 1 aromatic heterocycles. The number of aromatic amines is 1. The van der Waals surface area contributed by atoms with E-state index in [1.807, 2.05) is 6.07 Å². The molecular formula is C21H20N2. The number of aromatic nitrogens is 2. The van der Waals surface area contributed by atoms with Crippen LogP contribution in [-0.2, 0) is 6.42 Å². The number of H-pyrrole nitrogens is 1. The summed E-state index contributed by atoms with van der Waals surface area (Å²) in [5.41, 5.74) is 7.41. The maximum Gasteiger partial charge on any atom is 0.111 e. The first-order valence-electron chi connectivity index (χ1n) is 8.05. The van der Waals surface area contributed by atoms with Crippen molar-refractivity contribution in [2.45, 2.75) is 27.2 Å². The molecule has 0 amide bonds. The van der Waals surface area contributed by atoms with E-state index in [1.165, 1.54) is 33.0 Å². The zero-order chi connectivity index (χ0) is 16.0. The first-order chi connectivity index (χ1) is 11.1. The molecule has 0 radical (unpaired) electrons. The number of benzene rings is 3. The van der Waals surface area contributed by atoms with E-state index >= 15 is 0 Å². The molecular weight excluding hydrogens is 280 g/mol. The van der Waals surface area contributed by atoms with Crippen molar-refractivity contribution in [3.63, 3.8) is 0 Å². The molecule has 0 bridgehead atoms. The van der Waals surface area contributed by atoms with Gasteiger partial charge >= 0.3 is 0 Å². The van der Waals surface area contributed by atoms with Crippen molar-refractivity contribution in [2.24, 2.45) is 0 Å². The number of imidazole rings is 1. The van der Waals surface area contributed by atoms with Gasteiger partial charge < -0.3 is 4.98 Å². The Bertz CT molecular complexity index is 1010. The maximum absolute atomic E-state index is 4.90. The fraction of sp³-hybridized carbons (Fsp3) is 0.190. The molecule has 0 unspecified atom stereocenters. The monoisotopic (exact) mass is 300 g/mol. The lowest BCUT2D eigenvalue weighted by Crippen LogP contribution is -1.89. The third-order valence-electron chi connectivity index (χ3n) is 4.49. The van der Waals surface area contributed by atoms with Gasteiger partial charge in [0.2, 0.25) is 0 Å². The number of hydrogen-bond donors (Lipinski definition) is 1. The summed E-state index contributed by atoms with van der Waals surface area (Å²) in [4.78, 5) is 8.41. The molecule has 0 atom stereocenters. The summed E-state index contributed by atoms with van der Waals surface area (Å²) in [5, 5.41) is 2.59. The van der Waals surface area contributed by atoms with Crippen molar-refractivity contribution in [3.8, 4) is 0 Å². The Balaban J connectivity index is 1.93. The number of fused-ring (bicyclic) bond motifs is 3. The van der Waals surface area contributed by atoms with Gasteiger partial charge in [-0.15, -0.1) is 0 Å². The highest BCUT2D eigenvalue weighted by Crippen LogP contribution is 2.30. The van der Waals surface area contributed by atoms with Crippen LogP contribution in [0.2, 0.25) is 0 Å². The smallest absolute Gasteiger partial charge is 0.111 e. The minimum Gasteiger partial charge on any atom is -0.342 e. The van der Waals surface area contributed by atoms with Crippen LogP contribution in [0.15, 0.2) is 48.5 Å². The molecule has 4 aromatic rings. The number of aryl methyl sites for hydroxylation is 3. The standard InChI is InChI=1S/C21H20N2/c1-13-9-14(2)20-15(3)11-18-21(17(20)10-13)23-19(22-18)12-16-7-5-4-6-8-16/h4-11H,12H2,1-3H3,(H,22,23). The van der Waals surface area contributed by atoms with Crippen LogP contribution in [0.4, 0.5) is 0 Å². The maximum atomic E-state index is 4.90. The lowest BCUT2D eigenvalue weighted by molar-refractivity contribution is 1.04. The second-order valence-corrected chi connectivity index (χ2v) is 6.44. The van der Waals surface area contributed by atoms with Crippen LogP contribution in [0.5, 0.6) is 0 Å². The first kappa shape index (κ1) is 14.0.